The van der Waals surface area contributed by atoms with Crippen molar-refractivity contribution in [3.63, 3.8) is 0 Å². The van der Waals surface area contributed by atoms with Crippen molar-refractivity contribution in [1.82, 2.24) is 15.3 Å². The van der Waals surface area contributed by atoms with Gasteiger partial charge in [-0.25, -0.2) is 9.78 Å². The van der Waals surface area contributed by atoms with Crippen molar-refractivity contribution in [2.45, 2.75) is 71.9 Å². The van der Waals surface area contributed by atoms with Crippen molar-refractivity contribution in [2.24, 2.45) is 5.92 Å². The Hall–Kier alpha value is -3.78. The van der Waals surface area contributed by atoms with Crippen LogP contribution in [0.15, 0.2) is 71.4 Å². The minimum Gasteiger partial charge on any atom is -0.489 e. The van der Waals surface area contributed by atoms with Gasteiger partial charge in [0.1, 0.15) is 17.4 Å². The Kier molecular flexibility index (Phi) is 11.3. The van der Waals surface area contributed by atoms with Crippen molar-refractivity contribution < 1.29 is 19.1 Å². The monoisotopic (exact) mass is 573 g/mol. The third-order valence-electron chi connectivity index (χ3n) is 7.07. The number of carbonyl (C=O) groups excluding carboxylic acids is 2. The summed E-state index contributed by atoms with van der Waals surface area (Å²) in [5, 5.41) is 6.17. The summed E-state index contributed by atoms with van der Waals surface area (Å²) in [5.41, 5.74) is 4.39. The van der Waals surface area contributed by atoms with Gasteiger partial charge >= 0.3 is 5.97 Å². The summed E-state index contributed by atoms with van der Waals surface area (Å²) in [5.74, 6) is 0.645. The molecule has 4 rings (SSSR count). The Morgan fingerprint density at radius 2 is 1.78 bits per heavy atom. The highest BCUT2D eigenvalue weighted by Crippen LogP contribution is 2.28. The number of rotatable bonds is 12. The van der Waals surface area contributed by atoms with E-state index < -0.39 is 0 Å². The number of esters is 1. The predicted octanol–water partition coefficient (Wildman–Crippen LogP) is 7.01. The van der Waals surface area contributed by atoms with E-state index in [1.54, 1.807) is 32.3 Å². The number of benzene rings is 1. The van der Waals surface area contributed by atoms with Gasteiger partial charge in [-0.05, 0) is 93.2 Å². The Labute approximate surface area is 246 Å². The standard InChI is InChI=1S/C33H39N3O4S/c1-4-39-33(38)24(3)18-23(2)19-28-22-41-32(35-28)30(36-31(37)27-8-6-5-7-9-27)20-25-10-12-29(13-11-25)40-21-26-14-16-34-17-15-26/h10-19,22,27,30H,4-9,20-21H2,1-3H3,(H,36,37)/b23-19+,24-18-/t30-/m0/s1. The second-order valence-electron chi connectivity index (χ2n) is 10.4. The molecule has 2 heterocycles. The highest BCUT2D eigenvalue weighted by atomic mass is 32.1. The number of hydrogen-bond donors (Lipinski definition) is 1. The lowest BCUT2D eigenvalue weighted by atomic mass is 9.88. The summed E-state index contributed by atoms with van der Waals surface area (Å²) in [6, 6.07) is 11.7. The van der Waals surface area contributed by atoms with Gasteiger partial charge in [0.15, 0.2) is 0 Å². The smallest absolute Gasteiger partial charge is 0.333 e. The van der Waals surface area contributed by atoms with Crippen molar-refractivity contribution in [3.05, 3.63) is 93.2 Å². The van der Waals surface area contributed by atoms with E-state index in [2.05, 4.69) is 10.3 Å². The molecule has 216 valence electrons. The van der Waals surface area contributed by atoms with E-state index in [1.165, 1.54) is 17.8 Å². The molecule has 1 aliphatic rings. The molecular weight excluding hydrogens is 534 g/mol. The molecule has 8 heteroatoms. The van der Waals surface area contributed by atoms with Crippen LogP contribution >= 0.6 is 11.3 Å². The summed E-state index contributed by atoms with van der Waals surface area (Å²) < 4.78 is 11.0. The van der Waals surface area contributed by atoms with Crippen LogP contribution in [0.4, 0.5) is 0 Å². The van der Waals surface area contributed by atoms with Gasteiger partial charge in [0.05, 0.1) is 18.3 Å². The molecule has 3 aromatic rings. The first-order valence-corrected chi connectivity index (χ1v) is 15.2. The fraction of sp³-hybridized carbons (Fsp3) is 0.394. The van der Waals surface area contributed by atoms with E-state index in [0.29, 0.717) is 25.2 Å². The number of allylic oxidation sites excluding steroid dienone is 2. The van der Waals surface area contributed by atoms with Crippen LogP contribution in [0.2, 0.25) is 0 Å². The average Bonchev–Trinajstić information content (AvgIpc) is 3.45. The van der Waals surface area contributed by atoms with Crippen molar-refractivity contribution >= 4 is 29.3 Å². The number of nitrogens with zero attached hydrogens (tertiary/aromatic N) is 2. The summed E-state index contributed by atoms with van der Waals surface area (Å²) in [7, 11) is 0. The van der Waals surface area contributed by atoms with Crippen LogP contribution in [0.1, 0.15) is 80.7 Å². The maximum Gasteiger partial charge on any atom is 0.333 e. The molecule has 1 amide bonds. The van der Waals surface area contributed by atoms with Gasteiger partial charge in [-0.2, -0.15) is 0 Å². The fourth-order valence-electron chi connectivity index (χ4n) is 4.90. The Morgan fingerprint density at radius 1 is 1.05 bits per heavy atom. The van der Waals surface area contributed by atoms with E-state index in [1.807, 2.05) is 54.8 Å². The molecule has 0 saturated heterocycles. The Bertz CT molecular complexity index is 1340. The number of ether oxygens (including phenoxy) is 2. The molecule has 0 spiro atoms. The second kappa shape index (κ2) is 15.3. The number of pyridine rings is 1. The van der Waals surface area contributed by atoms with Crippen LogP contribution in [-0.4, -0.2) is 28.5 Å². The Balaban J connectivity index is 1.47. The maximum atomic E-state index is 13.2. The first-order chi connectivity index (χ1) is 19.9. The first-order valence-electron chi connectivity index (χ1n) is 14.3. The van der Waals surface area contributed by atoms with Crippen LogP contribution < -0.4 is 10.1 Å². The van der Waals surface area contributed by atoms with Crippen molar-refractivity contribution in [3.8, 4) is 5.75 Å². The van der Waals surface area contributed by atoms with Crippen LogP contribution in [0.5, 0.6) is 5.75 Å². The molecule has 2 aromatic heterocycles. The summed E-state index contributed by atoms with van der Waals surface area (Å²) in [6.45, 7) is 6.29. The molecule has 1 aliphatic carbocycles. The molecule has 1 N–H and O–H groups in total. The summed E-state index contributed by atoms with van der Waals surface area (Å²) in [6.07, 6.45) is 13.2. The quantitative estimate of drug-likeness (QED) is 0.142. The van der Waals surface area contributed by atoms with Gasteiger partial charge in [-0.15, -0.1) is 11.3 Å². The highest BCUT2D eigenvalue weighted by molar-refractivity contribution is 7.09. The zero-order valence-electron chi connectivity index (χ0n) is 24.1. The molecule has 1 fully saturated rings. The van der Waals surface area contributed by atoms with Crippen LogP contribution in [0.25, 0.3) is 6.08 Å². The van der Waals surface area contributed by atoms with Crippen molar-refractivity contribution in [2.75, 3.05) is 6.61 Å². The largest absolute Gasteiger partial charge is 0.489 e. The molecule has 0 unspecified atom stereocenters. The predicted molar refractivity (Wildman–Crippen MR) is 162 cm³/mol. The van der Waals surface area contributed by atoms with Gasteiger partial charge in [0.25, 0.3) is 0 Å². The number of hydrogen-bond acceptors (Lipinski definition) is 7. The lowest BCUT2D eigenvalue weighted by Gasteiger charge is -2.24. The van der Waals surface area contributed by atoms with Gasteiger partial charge in [-0.1, -0.05) is 31.4 Å². The van der Waals surface area contributed by atoms with Gasteiger partial charge in [0.2, 0.25) is 5.91 Å². The third-order valence-corrected chi connectivity index (χ3v) is 8.04. The molecular formula is C33H39N3O4S. The molecule has 1 saturated carbocycles. The highest BCUT2D eigenvalue weighted by Gasteiger charge is 2.25. The fourth-order valence-corrected chi connectivity index (χ4v) is 5.73. The van der Waals surface area contributed by atoms with E-state index in [9.17, 15) is 9.59 Å². The van der Waals surface area contributed by atoms with Crippen LogP contribution in [-0.2, 0) is 27.4 Å². The van der Waals surface area contributed by atoms with Gasteiger partial charge in [-0.3, -0.25) is 9.78 Å². The number of aromatic nitrogens is 2. The topological polar surface area (TPSA) is 90.4 Å². The Morgan fingerprint density at radius 3 is 2.49 bits per heavy atom. The average molecular weight is 574 g/mol. The number of carbonyl (C=O) groups is 2. The lowest BCUT2D eigenvalue weighted by Crippen LogP contribution is -2.35. The third kappa shape index (κ3) is 9.39. The molecule has 0 aliphatic heterocycles. The van der Waals surface area contributed by atoms with E-state index in [0.717, 1.165) is 58.8 Å². The van der Waals surface area contributed by atoms with Crippen molar-refractivity contribution in [1.29, 1.82) is 0 Å². The first kappa shape index (κ1) is 30.2. The van der Waals surface area contributed by atoms with Gasteiger partial charge in [0, 0.05) is 29.3 Å². The molecule has 7 nitrogen and oxygen atoms in total. The number of thiazole rings is 1. The molecule has 1 atom stereocenters. The summed E-state index contributed by atoms with van der Waals surface area (Å²) in [4.78, 5) is 34.1. The van der Waals surface area contributed by atoms with E-state index in [-0.39, 0.29) is 23.8 Å². The minimum absolute atomic E-state index is 0.0628. The maximum absolute atomic E-state index is 13.2. The second-order valence-corrected chi connectivity index (χ2v) is 11.3. The summed E-state index contributed by atoms with van der Waals surface area (Å²) >= 11 is 1.54. The zero-order chi connectivity index (χ0) is 29.0. The SMILES string of the molecule is CCOC(=O)/C(C)=C\C(C)=C\c1csc([C@H](Cc2ccc(OCc3ccncc3)cc2)NC(=O)C2CCCCC2)n1. The molecule has 1 aromatic carbocycles. The molecule has 0 radical (unpaired) electrons. The minimum atomic E-state index is -0.321. The number of nitrogens with one attached hydrogen (secondary N) is 1. The number of amides is 1. The van der Waals surface area contributed by atoms with E-state index >= 15 is 0 Å². The normalized spacial score (nSPS) is 15.3. The molecule has 41 heavy (non-hydrogen) atoms. The zero-order valence-corrected chi connectivity index (χ0v) is 24.9. The molecule has 0 bridgehead atoms. The van der Waals surface area contributed by atoms with Crippen LogP contribution in [0.3, 0.4) is 0 Å². The van der Waals surface area contributed by atoms with E-state index in [4.69, 9.17) is 14.5 Å². The van der Waals surface area contributed by atoms with Crippen LogP contribution in [0, 0.1) is 5.92 Å². The van der Waals surface area contributed by atoms with Gasteiger partial charge < -0.3 is 14.8 Å². The lowest BCUT2D eigenvalue weighted by molar-refractivity contribution is -0.138.